The van der Waals surface area contributed by atoms with Crippen LogP contribution in [-0.4, -0.2) is 5.11 Å². The Labute approximate surface area is 93.8 Å². The molecule has 0 heterocycles. The molecule has 76 valence electrons. The molecule has 0 fully saturated rings. The lowest BCUT2D eigenvalue weighted by Gasteiger charge is -2.02. The highest BCUT2D eigenvalue weighted by Crippen LogP contribution is 2.29. The van der Waals surface area contributed by atoms with Crippen LogP contribution in [0.4, 0.5) is 0 Å². The Morgan fingerprint density at radius 3 is 2.33 bits per heavy atom. The van der Waals surface area contributed by atoms with Crippen molar-refractivity contribution in [1.82, 2.24) is 0 Å². The summed E-state index contributed by atoms with van der Waals surface area (Å²) < 4.78 is 0. The lowest BCUT2D eigenvalue weighted by atomic mass is 10.2. The van der Waals surface area contributed by atoms with E-state index in [9.17, 15) is 5.11 Å². The van der Waals surface area contributed by atoms with Crippen LogP contribution in [-0.2, 0) is 0 Å². The van der Waals surface area contributed by atoms with Crippen molar-refractivity contribution in [3.8, 4) is 5.75 Å². The molecule has 0 aliphatic heterocycles. The van der Waals surface area contributed by atoms with Gasteiger partial charge in [0, 0.05) is 9.79 Å². The van der Waals surface area contributed by atoms with Gasteiger partial charge >= 0.3 is 0 Å². The van der Waals surface area contributed by atoms with Gasteiger partial charge in [-0.05, 0) is 37.3 Å². The van der Waals surface area contributed by atoms with E-state index in [1.165, 1.54) is 10.5 Å². The largest absolute Gasteiger partial charge is 0.508 e. The van der Waals surface area contributed by atoms with Crippen molar-refractivity contribution in [3.05, 3.63) is 54.1 Å². The SMILES string of the molecule is Cc1ccc(Sc2cccc(O)c2)cc1. The van der Waals surface area contributed by atoms with Gasteiger partial charge in [0.2, 0.25) is 0 Å². The molecular weight excluding hydrogens is 204 g/mol. The molecule has 0 spiro atoms. The van der Waals surface area contributed by atoms with Gasteiger partial charge in [0.05, 0.1) is 0 Å². The second-order valence-electron chi connectivity index (χ2n) is 3.41. The first-order valence-corrected chi connectivity index (χ1v) is 5.59. The summed E-state index contributed by atoms with van der Waals surface area (Å²) in [6, 6.07) is 15.6. The Kier molecular flexibility index (Phi) is 2.97. The van der Waals surface area contributed by atoms with Crippen molar-refractivity contribution in [3.63, 3.8) is 0 Å². The van der Waals surface area contributed by atoms with Crippen LogP contribution in [0.25, 0.3) is 0 Å². The highest BCUT2D eigenvalue weighted by Gasteiger charge is 1.97. The van der Waals surface area contributed by atoms with Gasteiger partial charge in [-0.2, -0.15) is 0 Å². The quantitative estimate of drug-likeness (QED) is 0.822. The molecule has 2 aromatic rings. The average Bonchev–Trinajstić information content (AvgIpc) is 2.22. The molecule has 0 saturated heterocycles. The third kappa shape index (κ3) is 2.77. The Morgan fingerprint density at radius 2 is 1.67 bits per heavy atom. The second kappa shape index (κ2) is 4.41. The normalized spacial score (nSPS) is 10.2. The number of phenols is 1. The van der Waals surface area contributed by atoms with Gasteiger partial charge in [-0.25, -0.2) is 0 Å². The number of phenolic OH excluding ortho intramolecular Hbond substituents is 1. The molecule has 2 rings (SSSR count). The molecule has 0 saturated carbocycles. The number of aromatic hydroxyl groups is 1. The zero-order valence-corrected chi connectivity index (χ0v) is 9.29. The minimum absolute atomic E-state index is 0.312. The lowest BCUT2D eigenvalue weighted by Crippen LogP contribution is -1.75. The molecular formula is C13H12OS. The van der Waals surface area contributed by atoms with E-state index in [0.717, 1.165) is 4.90 Å². The minimum Gasteiger partial charge on any atom is -0.508 e. The highest BCUT2D eigenvalue weighted by atomic mass is 32.2. The van der Waals surface area contributed by atoms with Gasteiger partial charge in [0.25, 0.3) is 0 Å². The van der Waals surface area contributed by atoms with E-state index in [0.29, 0.717) is 5.75 Å². The number of benzene rings is 2. The second-order valence-corrected chi connectivity index (χ2v) is 4.56. The Balaban J connectivity index is 2.18. The van der Waals surface area contributed by atoms with Gasteiger partial charge in [-0.3, -0.25) is 0 Å². The van der Waals surface area contributed by atoms with E-state index in [1.54, 1.807) is 23.9 Å². The standard InChI is InChI=1S/C13H12OS/c1-10-5-7-12(8-6-10)15-13-4-2-3-11(14)9-13/h2-9,14H,1H3. The van der Waals surface area contributed by atoms with Crippen LogP contribution < -0.4 is 0 Å². The minimum atomic E-state index is 0.312. The fourth-order valence-corrected chi connectivity index (χ4v) is 2.16. The fourth-order valence-electron chi connectivity index (χ4n) is 1.29. The van der Waals surface area contributed by atoms with Crippen LogP contribution in [0.2, 0.25) is 0 Å². The van der Waals surface area contributed by atoms with Gasteiger partial charge in [-0.1, -0.05) is 35.5 Å². The molecule has 1 nitrogen and oxygen atoms in total. The average molecular weight is 216 g/mol. The van der Waals surface area contributed by atoms with Crippen LogP contribution in [0.1, 0.15) is 5.56 Å². The summed E-state index contributed by atoms with van der Waals surface area (Å²) in [5.41, 5.74) is 1.26. The maximum absolute atomic E-state index is 9.32. The topological polar surface area (TPSA) is 20.2 Å². The smallest absolute Gasteiger partial charge is 0.116 e. The van der Waals surface area contributed by atoms with Gasteiger partial charge < -0.3 is 5.11 Å². The summed E-state index contributed by atoms with van der Waals surface area (Å²) in [5.74, 6) is 0.312. The predicted octanol–water partition coefficient (Wildman–Crippen LogP) is 3.85. The number of hydrogen-bond donors (Lipinski definition) is 1. The third-order valence-electron chi connectivity index (χ3n) is 2.07. The van der Waals surface area contributed by atoms with E-state index in [-0.39, 0.29) is 0 Å². The molecule has 0 radical (unpaired) electrons. The van der Waals surface area contributed by atoms with Crippen molar-refractivity contribution >= 4 is 11.8 Å². The zero-order chi connectivity index (χ0) is 10.7. The van der Waals surface area contributed by atoms with Crippen LogP contribution >= 0.6 is 11.8 Å². The summed E-state index contributed by atoms with van der Waals surface area (Å²) in [5, 5.41) is 9.32. The summed E-state index contributed by atoms with van der Waals surface area (Å²) in [4.78, 5) is 2.24. The van der Waals surface area contributed by atoms with Crippen molar-refractivity contribution < 1.29 is 5.11 Å². The Morgan fingerprint density at radius 1 is 0.933 bits per heavy atom. The summed E-state index contributed by atoms with van der Waals surface area (Å²) in [7, 11) is 0. The predicted molar refractivity (Wildman–Crippen MR) is 63.4 cm³/mol. The zero-order valence-electron chi connectivity index (χ0n) is 8.47. The monoisotopic (exact) mass is 216 g/mol. The van der Waals surface area contributed by atoms with Crippen molar-refractivity contribution in [2.24, 2.45) is 0 Å². The number of hydrogen-bond acceptors (Lipinski definition) is 2. The van der Waals surface area contributed by atoms with E-state index in [1.807, 2.05) is 12.1 Å². The van der Waals surface area contributed by atoms with Crippen LogP contribution in [0.15, 0.2) is 58.3 Å². The first-order valence-electron chi connectivity index (χ1n) is 4.77. The summed E-state index contributed by atoms with van der Waals surface area (Å²) >= 11 is 1.65. The van der Waals surface area contributed by atoms with Gasteiger partial charge in [0.1, 0.15) is 5.75 Å². The van der Waals surface area contributed by atoms with Crippen molar-refractivity contribution in [1.29, 1.82) is 0 Å². The number of aryl methyl sites for hydroxylation is 1. The van der Waals surface area contributed by atoms with Gasteiger partial charge in [-0.15, -0.1) is 0 Å². The Hall–Kier alpha value is -1.41. The summed E-state index contributed by atoms with van der Waals surface area (Å²) in [6.07, 6.45) is 0. The molecule has 0 atom stereocenters. The maximum Gasteiger partial charge on any atom is 0.116 e. The molecule has 1 N–H and O–H groups in total. The summed E-state index contributed by atoms with van der Waals surface area (Å²) in [6.45, 7) is 2.07. The molecule has 0 aromatic heterocycles. The molecule has 0 aliphatic rings. The molecule has 0 unspecified atom stereocenters. The molecule has 15 heavy (non-hydrogen) atoms. The Bertz CT molecular complexity index is 448. The maximum atomic E-state index is 9.32. The van der Waals surface area contributed by atoms with E-state index >= 15 is 0 Å². The first-order chi connectivity index (χ1) is 7.24. The van der Waals surface area contributed by atoms with E-state index < -0.39 is 0 Å². The highest BCUT2D eigenvalue weighted by molar-refractivity contribution is 7.99. The molecule has 0 bridgehead atoms. The molecule has 2 heteroatoms. The van der Waals surface area contributed by atoms with Crippen LogP contribution in [0.5, 0.6) is 5.75 Å². The van der Waals surface area contributed by atoms with Crippen molar-refractivity contribution in [2.75, 3.05) is 0 Å². The third-order valence-corrected chi connectivity index (χ3v) is 3.07. The molecule has 0 amide bonds. The van der Waals surface area contributed by atoms with Gasteiger partial charge in [0.15, 0.2) is 0 Å². The number of rotatable bonds is 2. The van der Waals surface area contributed by atoms with E-state index in [4.69, 9.17) is 0 Å². The lowest BCUT2D eigenvalue weighted by molar-refractivity contribution is 0.474. The fraction of sp³-hybridized carbons (Fsp3) is 0.0769. The van der Waals surface area contributed by atoms with Crippen molar-refractivity contribution in [2.45, 2.75) is 16.7 Å². The van der Waals surface area contributed by atoms with Crippen LogP contribution in [0.3, 0.4) is 0 Å². The van der Waals surface area contributed by atoms with E-state index in [2.05, 4.69) is 31.2 Å². The molecule has 2 aromatic carbocycles. The first kappa shape index (κ1) is 10.1. The molecule has 0 aliphatic carbocycles. The van der Waals surface area contributed by atoms with Crippen LogP contribution in [0, 0.1) is 6.92 Å².